The maximum atomic E-state index is 12.6. The minimum atomic E-state index is -4.45. The van der Waals surface area contributed by atoms with E-state index >= 15 is 0 Å². The van der Waals surface area contributed by atoms with Gasteiger partial charge in [0.15, 0.2) is 0 Å². The van der Waals surface area contributed by atoms with E-state index in [1.165, 1.54) is 12.1 Å². The topological polar surface area (TPSA) is 55.0 Å². The molecule has 0 saturated carbocycles. The molecule has 0 radical (unpaired) electrons. The molecule has 0 unspecified atom stereocenters. The molecule has 0 aliphatic carbocycles. The Morgan fingerprint density at radius 3 is 2.57 bits per heavy atom. The number of rotatable bonds is 3. The fourth-order valence-electron chi connectivity index (χ4n) is 1.64. The van der Waals surface area contributed by atoms with Crippen LogP contribution >= 0.6 is 0 Å². The lowest BCUT2D eigenvalue weighted by Gasteiger charge is -2.10. The molecule has 2 rings (SSSR count). The second-order valence-corrected chi connectivity index (χ2v) is 4.75. The van der Waals surface area contributed by atoms with Gasteiger partial charge in [-0.3, -0.25) is 4.79 Å². The summed E-state index contributed by atoms with van der Waals surface area (Å²) in [4.78, 5) is 18.1. The lowest BCUT2D eigenvalue weighted by atomic mass is 10.2. The fourth-order valence-corrected chi connectivity index (χ4v) is 1.64. The van der Waals surface area contributed by atoms with Crippen LogP contribution in [-0.2, 0) is 6.18 Å². The number of H-pyrrole nitrogens is 1. The number of nitrogens with one attached hydrogen (secondary N) is 1. The summed E-state index contributed by atoms with van der Waals surface area (Å²) in [7, 11) is 0. The first-order valence-corrected chi connectivity index (χ1v) is 6.22. The van der Waals surface area contributed by atoms with Gasteiger partial charge in [0.1, 0.15) is 11.6 Å². The van der Waals surface area contributed by atoms with Gasteiger partial charge in [-0.25, -0.2) is 0 Å². The fraction of sp³-hybridized carbons (Fsp3) is 0.286. The van der Waals surface area contributed by atoms with Gasteiger partial charge in [-0.2, -0.15) is 18.2 Å². The summed E-state index contributed by atoms with van der Waals surface area (Å²) in [5, 5.41) is 0. The zero-order chi connectivity index (χ0) is 15.6. The third-order valence-electron chi connectivity index (χ3n) is 2.67. The summed E-state index contributed by atoms with van der Waals surface area (Å²) in [6.45, 7) is 3.65. The average molecular weight is 298 g/mol. The molecule has 0 saturated heterocycles. The summed E-state index contributed by atoms with van der Waals surface area (Å²) in [6, 6.07) is 5.49. The summed E-state index contributed by atoms with van der Waals surface area (Å²) in [6.07, 6.45) is -4.45. The Kier molecular flexibility index (Phi) is 4.02. The number of halogens is 3. The van der Waals surface area contributed by atoms with Crippen molar-refractivity contribution < 1.29 is 17.9 Å². The number of benzene rings is 1. The molecule has 1 aromatic heterocycles. The lowest BCUT2D eigenvalue weighted by Crippen LogP contribution is -2.12. The van der Waals surface area contributed by atoms with Gasteiger partial charge in [0.2, 0.25) is 5.88 Å². The van der Waals surface area contributed by atoms with Gasteiger partial charge in [-0.15, -0.1) is 0 Å². The molecule has 0 bridgehead atoms. The molecule has 0 aliphatic heterocycles. The largest absolute Gasteiger partial charge is 0.439 e. The van der Waals surface area contributed by atoms with E-state index in [-0.39, 0.29) is 17.5 Å². The van der Waals surface area contributed by atoms with E-state index in [1.54, 1.807) is 0 Å². The quantitative estimate of drug-likeness (QED) is 0.940. The Morgan fingerprint density at radius 2 is 1.95 bits per heavy atom. The highest BCUT2D eigenvalue weighted by Crippen LogP contribution is 2.32. The number of aromatic amines is 1. The van der Waals surface area contributed by atoms with Crippen LogP contribution in [0, 0.1) is 0 Å². The highest BCUT2D eigenvalue weighted by Gasteiger charge is 2.30. The predicted octanol–water partition coefficient (Wildman–Crippen LogP) is 3.70. The second-order valence-electron chi connectivity index (χ2n) is 4.75. The first-order valence-electron chi connectivity index (χ1n) is 6.22. The Labute approximate surface area is 118 Å². The third-order valence-corrected chi connectivity index (χ3v) is 2.67. The third kappa shape index (κ3) is 3.84. The zero-order valence-electron chi connectivity index (χ0n) is 11.4. The van der Waals surface area contributed by atoms with Crippen molar-refractivity contribution in [3.05, 3.63) is 52.1 Å². The van der Waals surface area contributed by atoms with Crippen molar-refractivity contribution in [3.63, 3.8) is 0 Å². The molecular weight excluding hydrogens is 285 g/mol. The van der Waals surface area contributed by atoms with Crippen LogP contribution in [0.15, 0.2) is 35.1 Å². The number of ether oxygens (including phenoxy) is 1. The summed E-state index contributed by atoms with van der Waals surface area (Å²) < 4.78 is 43.1. The molecule has 0 atom stereocenters. The van der Waals surface area contributed by atoms with Crippen molar-refractivity contribution in [2.75, 3.05) is 0 Å². The molecule has 0 amide bonds. The zero-order valence-corrected chi connectivity index (χ0v) is 11.4. The predicted molar refractivity (Wildman–Crippen MR) is 70.5 cm³/mol. The highest BCUT2D eigenvalue weighted by atomic mass is 19.4. The molecule has 112 valence electrons. The van der Waals surface area contributed by atoms with Crippen LogP contribution in [-0.4, -0.2) is 9.97 Å². The van der Waals surface area contributed by atoms with E-state index in [4.69, 9.17) is 4.74 Å². The molecule has 7 heteroatoms. The maximum Gasteiger partial charge on any atom is 0.416 e. The Morgan fingerprint density at radius 1 is 1.24 bits per heavy atom. The number of nitrogens with zero attached hydrogens (tertiary/aromatic N) is 1. The molecule has 0 spiro atoms. The Hall–Kier alpha value is -2.31. The van der Waals surface area contributed by atoms with E-state index in [2.05, 4.69) is 9.97 Å². The van der Waals surface area contributed by atoms with E-state index < -0.39 is 17.3 Å². The lowest BCUT2D eigenvalue weighted by molar-refractivity contribution is -0.137. The first-order chi connectivity index (χ1) is 9.75. The smallest absolute Gasteiger partial charge is 0.416 e. The van der Waals surface area contributed by atoms with Crippen molar-refractivity contribution in [1.82, 2.24) is 9.97 Å². The molecule has 1 N–H and O–H groups in total. The highest BCUT2D eigenvalue weighted by molar-refractivity contribution is 5.32. The first kappa shape index (κ1) is 15.1. The normalized spacial score (nSPS) is 11.7. The number of hydrogen-bond donors (Lipinski definition) is 1. The van der Waals surface area contributed by atoms with Crippen LogP contribution in [0.2, 0.25) is 0 Å². The van der Waals surface area contributed by atoms with E-state index in [0.717, 1.165) is 18.2 Å². The molecule has 1 heterocycles. The van der Waals surface area contributed by atoms with Gasteiger partial charge in [-0.1, -0.05) is 19.9 Å². The van der Waals surface area contributed by atoms with Gasteiger partial charge in [-0.05, 0) is 18.2 Å². The summed E-state index contributed by atoms with van der Waals surface area (Å²) >= 11 is 0. The molecule has 2 aromatic rings. The Balaban J connectivity index is 2.32. The molecular formula is C14H13F3N2O2. The molecule has 4 nitrogen and oxygen atoms in total. The van der Waals surface area contributed by atoms with Crippen LogP contribution in [0.4, 0.5) is 13.2 Å². The molecule has 21 heavy (non-hydrogen) atoms. The summed E-state index contributed by atoms with van der Waals surface area (Å²) in [5.74, 6) is 0.298. The van der Waals surface area contributed by atoms with Crippen molar-refractivity contribution in [2.24, 2.45) is 0 Å². The van der Waals surface area contributed by atoms with Crippen LogP contribution < -0.4 is 10.3 Å². The molecule has 0 fully saturated rings. The van der Waals surface area contributed by atoms with Crippen LogP contribution in [0.25, 0.3) is 0 Å². The van der Waals surface area contributed by atoms with Crippen LogP contribution in [0.5, 0.6) is 11.6 Å². The van der Waals surface area contributed by atoms with Crippen LogP contribution in [0.1, 0.15) is 31.2 Å². The van der Waals surface area contributed by atoms with E-state index in [0.29, 0.717) is 5.82 Å². The van der Waals surface area contributed by atoms with Gasteiger partial charge >= 0.3 is 6.18 Å². The van der Waals surface area contributed by atoms with Gasteiger partial charge < -0.3 is 9.72 Å². The van der Waals surface area contributed by atoms with Crippen LogP contribution in [0.3, 0.4) is 0 Å². The number of hydrogen-bond acceptors (Lipinski definition) is 3. The average Bonchev–Trinajstić information content (AvgIpc) is 2.37. The minimum absolute atomic E-state index is 0.0300. The number of alkyl halides is 3. The van der Waals surface area contributed by atoms with Crippen molar-refractivity contribution in [3.8, 4) is 11.6 Å². The SMILES string of the molecule is CC(C)c1nc(Oc2cccc(C(F)(F)F)c2)cc(=O)[nH]1. The maximum absolute atomic E-state index is 12.6. The summed E-state index contributed by atoms with van der Waals surface area (Å²) in [5.41, 5.74) is -1.25. The van der Waals surface area contributed by atoms with Gasteiger partial charge in [0.25, 0.3) is 5.56 Å². The second kappa shape index (κ2) is 5.59. The van der Waals surface area contributed by atoms with Gasteiger partial charge in [0.05, 0.1) is 11.6 Å². The minimum Gasteiger partial charge on any atom is -0.439 e. The number of aromatic nitrogens is 2. The van der Waals surface area contributed by atoms with Gasteiger partial charge in [0, 0.05) is 5.92 Å². The van der Waals surface area contributed by atoms with Crippen molar-refractivity contribution >= 4 is 0 Å². The van der Waals surface area contributed by atoms with Crippen molar-refractivity contribution in [2.45, 2.75) is 25.9 Å². The monoisotopic (exact) mass is 298 g/mol. The molecule has 1 aromatic carbocycles. The van der Waals surface area contributed by atoms with E-state index in [9.17, 15) is 18.0 Å². The van der Waals surface area contributed by atoms with Crippen molar-refractivity contribution in [1.29, 1.82) is 0 Å². The molecule has 0 aliphatic rings. The standard InChI is InChI=1S/C14H13F3N2O2/c1-8(2)13-18-11(20)7-12(19-13)21-10-5-3-4-9(6-10)14(15,16)17/h3-8H,1-2H3,(H,18,19,20). The Bertz CT molecular complexity index is 693. The van der Waals surface area contributed by atoms with E-state index in [1.807, 2.05) is 13.8 Å².